The van der Waals surface area contributed by atoms with E-state index >= 15 is 0 Å². The van der Waals surface area contributed by atoms with Crippen LogP contribution in [-0.2, 0) is 6.54 Å². The highest BCUT2D eigenvalue weighted by Crippen LogP contribution is 2.25. The number of rotatable bonds is 7. The summed E-state index contributed by atoms with van der Waals surface area (Å²) in [5, 5.41) is 3.98. The minimum Gasteiger partial charge on any atom is -0.313 e. The van der Waals surface area contributed by atoms with Crippen LogP contribution in [0.4, 0.5) is 10.5 Å². The average molecular weight is 521 g/mol. The lowest BCUT2D eigenvalue weighted by Crippen LogP contribution is -2.43. The molecule has 0 spiro atoms. The fourth-order valence-electron chi connectivity index (χ4n) is 3.50. The average Bonchev–Trinajstić information content (AvgIpc) is 2.74. The predicted molar refractivity (Wildman–Crippen MR) is 134 cm³/mol. The van der Waals surface area contributed by atoms with Crippen molar-refractivity contribution in [2.45, 2.75) is 26.4 Å². The zero-order chi connectivity index (χ0) is 23.4. The van der Waals surface area contributed by atoms with Crippen molar-refractivity contribution in [1.29, 1.82) is 0 Å². The Morgan fingerprint density at radius 2 is 1.94 bits per heavy atom. The van der Waals surface area contributed by atoms with E-state index in [4.69, 9.17) is 16.6 Å². The van der Waals surface area contributed by atoms with Gasteiger partial charge in [0.25, 0.3) is 5.56 Å². The predicted octanol–water partition coefficient (Wildman–Crippen LogP) is 4.99. The number of hydrogen-bond donors (Lipinski definition) is 1. The number of amides is 2. The van der Waals surface area contributed by atoms with Crippen LogP contribution in [0.25, 0.3) is 10.9 Å². The highest BCUT2D eigenvalue weighted by molar-refractivity contribution is 9.10. The molecular formula is C23H27BrClN5O2. The first-order chi connectivity index (χ1) is 15.2. The maximum atomic E-state index is 13.3. The number of hydrogen-bond acceptors (Lipinski definition) is 4. The number of likely N-dealkylation sites (N-methyl/N-ethyl adjacent to an activating group) is 1. The van der Waals surface area contributed by atoms with Crippen molar-refractivity contribution < 1.29 is 4.79 Å². The first-order valence-corrected chi connectivity index (χ1v) is 11.6. The molecule has 1 unspecified atom stereocenters. The number of carbonyl (C=O) groups excluding carboxylic acids is 1. The maximum Gasteiger partial charge on any atom is 0.322 e. The van der Waals surface area contributed by atoms with E-state index in [0.717, 1.165) is 4.47 Å². The van der Waals surface area contributed by atoms with Crippen LogP contribution in [0.15, 0.2) is 51.7 Å². The second-order valence-corrected chi connectivity index (χ2v) is 9.05. The van der Waals surface area contributed by atoms with E-state index in [1.54, 1.807) is 27.7 Å². The van der Waals surface area contributed by atoms with Crippen LogP contribution in [0.1, 0.15) is 25.7 Å². The smallest absolute Gasteiger partial charge is 0.313 e. The molecule has 1 aromatic heterocycles. The zero-order valence-corrected chi connectivity index (χ0v) is 20.9. The molecule has 1 N–H and O–H groups in total. The SMILES string of the molecule is CCn1c(C(C)N(CCN(C)C)C(=O)Nc2ccccc2Br)nc2cc(Cl)ccc2c1=O. The summed E-state index contributed by atoms with van der Waals surface area (Å²) in [4.78, 5) is 34.9. The summed E-state index contributed by atoms with van der Waals surface area (Å²) >= 11 is 9.62. The summed E-state index contributed by atoms with van der Waals surface area (Å²) in [6.07, 6.45) is 0. The molecule has 0 aliphatic heterocycles. The van der Waals surface area contributed by atoms with Gasteiger partial charge in [-0.15, -0.1) is 0 Å². The molecular weight excluding hydrogens is 494 g/mol. The molecule has 3 aromatic rings. The number of para-hydroxylation sites is 1. The van der Waals surface area contributed by atoms with E-state index in [9.17, 15) is 9.59 Å². The van der Waals surface area contributed by atoms with Gasteiger partial charge < -0.3 is 15.1 Å². The number of halogens is 2. The Kier molecular flexibility index (Phi) is 7.92. The van der Waals surface area contributed by atoms with E-state index < -0.39 is 6.04 Å². The Morgan fingerprint density at radius 1 is 1.22 bits per heavy atom. The van der Waals surface area contributed by atoms with Crippen molar-refractivity contribution >= 4 is 50.2 Å². The molecule has 2 aromatic carbocycles. The number of aromatic nitrogens is 2. The van der Waals surface area contributed by atoms with Crippen LogP contribution in [0.2, 0.25) is 5.02 Å². The monoisotopic (exact) mass is 519 g/mol. The molecule has 0 radical (unpaired) electrons. The molecule has 2 amide bonds. The van der Waals surface area contributed by atoms with Crippen LogP contribution in [0.3, 0.4) is 0 Å². The van der Waals surface area contributed by atoms with Crippen molar-refractivity contribution in [1.82, 2.24) is 19.4 Å². The number of urea groups is 1. The highest BCUT2D eigenvalue weighted by atomic mass is 79.9. The fourth-order valence-corrected chi connectivity index (χ4v) is 4.05. The molecule has 32 heavy (non-hydrogen) atoms. The van der Waals surface area contributed by atoms with Gasteiger partial charge in [0.15, 0.2) is 0 Å². The molecule has 9 heteroatoms. The summed E-state index contributed by atoms with van der Waals surface area (Å²) in [7, 11) is 3.90. The van der Waals surface area contributed by atoms with Crippen LogP contribution in [0.5, 0.6) is 0 Å². The molecule has 1 heterocycles. The summed E-state index contributed by atoms with van der Waals surface area (Å²) in [5.74, 6) is 0.522. The molecule has 0 aliphatic carbocycles. The number of fused-ring (bicyclic) bond motifs is 1. The molecule has 7 nitrogen and oxygen atoms in total. The molecule has 3 rings (SSSR count). The van der Waals surface area contributed by atoms with Gasteiger partial charge in [0, 0.05) is 29.1 Å². The van der Waals surface area contributed by atoms with Crippen molar-refractivity contribution in [3.63, 3.8) is 0 Å². The first-order valence-electron chi connectivity index (χ1n) is 10.4. The van der Waals surface area contributed by atoms with Gasteiger partial charge in [-0.2, -0.15) is 0 Å². The highest BCUT2D eigenvalue weighted by Gasteiger charge is 2.26. The Labute approximate surface area is 201 Å². The lowest BCUT2D eigenvalue weighted by Gasteiger charge is -2.31. The van der Waals surface area contributed by atoms with Crippen LogP contribution in [-0.4, -0.2) is 52.6 Å². The first kappa shape index (κ1) is 24.2. The molecule has 0 saturated carbocycles. The van der Waals surface area contributed by atoms with Crippen molar-refractivity contribution in [2.75, 3.05) is 32.5 Å². The normalized spacial score (nSPS) is 12.2. The molecule has 0 saturated heterocycles. The van der Waals surface area contributed by atoms with Crippen LogP contribution in [0, 0.1) is 0 Å². The van der Waals surface area contributed by atoms with Crippen LogP contribution >= 0.6 is 27.5 Å². The van der Waals surface area contributed by atoms with E-state index in [1.807, 2.05) is 57.1 Å². The van der Waals surface area contributed by atoms with E-state index in [1.165, 1.54) is 0 Å². The maximum absolute atomic E-state index is 13.3. The second kappa shape index (κ2) is 10.5. The van der Waals surface area contributed by atoms with E-state index in [2.05, 4.69) is 21.2 Å². The summed E-state index contributed by atoms with van der Waals surface area (Å²) in [6.45, 7) is 5.34. The van der Waals surface area contributed by atoms with Gasteiger partial charge in [0.2, 0.25) is 0 Å². The standard InChI is InChI=1S/C23H27BrClN5O2/c1-5-29-21(26-20-14-16(25)10-11-17(20)22(29)31)15(2)30(13-12-28(3)4)23(32)27-19-9-7-6-8-18(19)24/h6-11,14-15H,5,12-13H2,1-4H3,(H,27,32). The van der Waals surface area contributed by atoms with E-state index in [-0.39, 0.29) is 11.6 Å². The van der Waals surface area contributed by atoms with Gasteiger partial charge in [-0.3, -0.25) is 9.36 Å². The van der Waals surface area contributed by atoms with Crippen molar-refractivity contribution in [3.8, 4) is 0 Å². The third-order valence-electron chi connectivity index (χ3n) is 5.27. The Hall–Kier alpha value is -2.42. The van der Waals surface area contributed by atoms with Crippen LogP contribution < -0.4 is 10.9 Å². The van der Waals surface area contributed by atoms with Gasteiger partial charge in [-0.25, -0.2) is 9.78 Å². The third-order valence-corrected chi connectivity index (χ3v) is 6.20. The molecule has 0 bridgehead atoms. The lowest BCUT2D eigenvalue weighted by molar-refractivity contribution is 0.180. The molecule has 0 aliphatic rings. The van der Waals surface area contributed by atoms with Gasteiger partial charge in [0.1, 0.15) is 5.82 Å². The van der Waals surface area contributed by atoms with Crippen molar-refractivity contribution in [3.05, 3.63) is 68.1 Å². The summed E-state index contributed by atoms with van der Waals surface area (Å²) < 4.78 is 2.41. The Bertz CT molecular complexity index is 1180. The molecule has 0 fully saturated rings. The number of nitrogens with zero attached hydrogens (tertiary/aromatic N) is 4. The minimum absolute atomic E-state index is 0.144. The minimum atomic E-state index is -0.450. The number of anilines is 1. The summed E-state index contributed by atoms with van der Waals surface area (Å²) in [5.41, 5.74) is 1.05. The topological polar surface area (TPSA) is 70.5 Å². The van der Waals surface area contributed by atoms with E-state index in [0.29, 0.717) is 47.1 Å². The zero-order valence-electron chi connectivity index (χ0n) is 18.6. The fraction of sp³-hybridized carbons (Fsp3) is 0.348. The van der Waals surface area contributed by atoms with Gasteiger partial charge in [-0.05, 0) is 74.2 Å². The van der Waals surface area contributed by atoms with Gasteiger partial charge in [0.05, 0.1) is 22.6 Å². The van der Waals surface area contributed by atoms with Gasteiger partial charge in [-0.1, -0.05) is 23.7 Å². The number of benzene rings is 2. The Morgan fingerprint density at radius 3 is 2.59 bits per heavy atom. The molecule has 170 valence electrons. The largest absolute Gasteiger partial charge is 0.322 e. The lowest BCUT2D eigenvalue weighted by atomic mass is 10.2. The van der Waals surface area contributed by atoms with Crippen molar-refractivity contribution in [2.24, 2.45) is 0 Å². The number of nitrogens with one attached hydrogen (secondary N) is 1. The Balaban J connectivity index is 2.04. The number of carbonyl (C=O) groups is 1. The quantitative estimate of drug-likeness (QED) is 0.476. The summed E-state index contributed by atoms with van der Waals surface area (Å²) in [6, 6.07) is 11.8. The third kappa shape index (κ3) is 5.31. The molecule has 1 atom stereocenters. The second-order valence-electron chi connectivity index (χ2n) is 7.76. The van der Waals surface area contributed by atoms with Gasteiger partial charge >= 0.3 is 6.03 Å².